The topological polar surface area (TPSA) is 45.2 Å². The number of aliphatic hydroxyl groups is 1. The highest BCUT2D eigenvalue weighted by molar-refractivity contribution is 5.84. The molecule has 0 amide bonds. The van der Waals surface area contributed by atoms with Gasteiger partial charge in [0, 0.05) is 29.4 Å². The van der Waals surface area contributed by atoms with Gasteiger partial charge in [-0.2, -0.15) is 0 Å². The van der Waals surface area contributed by atoms with E-state index in [1.54, 1.807) is 6.20 Å². The number of rotatable bonds is 2. The lowest BCUT2D eigenvalue weighted by molar-refractivity contribution is 0.127. The minimum absolute atomic E-state index is 0.148. The highest BCUT2D eigenvalue weighted by atomic mass is 16.3. The highest BCUT2D eigenvalue weighted by Gasteiger charge is 2.23. The number of fused-ring (bicyclic) bond motifs is 1. The van der Waals surface area contributed by atoms with Crippen LogP contribution >= 0.6 is 0 Å². The van der Waals surface area contributed by atoms with Gasteiger partial charge in [-0.3, -0.25) is 4.98 Å². The van der Waals surface area contributed by atoms with Gasteiger partial charge in [-0.15, -0.1) is 0 Å². The third kappa shape index (κ3) is 2.62. The largest absolute Gasteiger partial charge is 0.387 e. The van der Waals surface area contributed by atoms with Crippen molar-refractivity contribution < 1.29 is 5.11 Å². The summed E-state index contributed by atoms with van der Waals surface area (Å²) < 4.78 is 0. The molecule has 0 bridgehead atoms. The van der Waals surface area contributed by atoms with Crippen molar-refractivity contribution in [1.29, 1.82) is 0 Å². The summed E-state index contributed by atoms with van der Waals surface area (Å²) in [5, 5.41) is 16.3. The van der Waals surface area contributed by atoms with Crippen molar-refractivity contribution in [3.05, 3.63) is 42.2 Å². The van der Waals surface area contributed by atoms with Gasteiger partial charge < -0.3 is 10.4 Å². The quantitative estimate of drug-likeness (QED) is 0.868. The molecule has 2 aromatic rings. The fourth-order valence-electron chi connectivity index (χ4n) is 2.92. The zero-order valence-corrected chi connectivity index (χ0v) is 11.0. The van der Waals surface area contributed by atoms with Crippen molar-refractivity contribution in [3.8, 4) is 0 Å². The van der Waals surface area contributed by atoms with Crippen LogP contribution in [-0.4, -0.2) is 22.7 Å². The molecule has 0 radical (unpaired) electrons. The van der Waals surface area contributed by atoms with Crippen LogP contribution in [0.25, 0.3) is 10.8 Å². The maximum Gasteiger partial charge on any atom is 0.0963 e. The van der Waals surface area contributed by atoms with Crippen LogP contribution in [0.15, 0.2) is 36.7 Å². The molecule has 3 rings (SSSR count). The highest BCUT2D eigenvalue weighted by Crippen LogP contribution is 2.28. The van der Waals surface area contributed by atoms with Crippen molar-refractivity contribution in [1.82, 2.24) is 10.3 Å². The molecular weight excluding hydrogens is 236 g/mol. The Balaban J connectivity index is 1.94. The Morgan fingerprint density at radius 1 is 1.16 bits per heavy atom. The predicted octanol–water partition coefficient (Wildman–Crippen LogP) is 2.80. The molecule has 3 heteroatoms. The zero-order chi connectivity index (χ0) is 13.1. The molecule has 0 aliphatic carbocycles. The molecule has 2 N–H and O–H groups in total. The van der Waals surface area contributed by atoms with Crippen LogP contribution in [0.2, 0.25) is 0 Å². The van der Waals surface area contributed by atoms with E-state index < -0.39 is 6.10 Å². The van der Waals surface area contributed by atoms with Gasteiger partial charge in [-0.25, -0.2) is 0 Å². The summed E-state index contributed by atoms with van der Waals surface area (Å²) in [7, 11) is 0. The predicted molar refractivity (Wildman–Crippen MR) is 77.0 cm³/mol. The third-order valence-electron chi connectivity index (χ3n) is 4.00. The molecule has 3 nitrogen and oxygen atoms in total. The Labute approximate surface area is 113 Å². The Bertz CT molecular complexity index is 542. The summed E-state index contributed by atoms with van der Waals surface area (Å²) >= 11 is 0. The van der Waals surface area contributed by atoms with E-state index in [4.69, 9.17) is 0 Å². The van der Waals surface area contributed by atoms with Crippen LogP contribution in [0.4, 0.5) is 0 Å². The van der Waals surface area contributed by atoms with E-state index in [0.717, 1.165) is 29.3 Å². The molecule has 100 valence electrons. The lowest BCUT2D eigenvalue weighted by Gasteiger charge is -2.23. The lowest BCUT2D eigenvalue weighted by atomic mass is 9.96. The molecule has 1 aromatic carbocycles. The smallest absolute Gasteiger partial charge is 0.0963 e. The number of nitrogens with zero attached hydrogens (tertiary/aromatic N) is 1. The first kappa shape index (κ1) is 12.6. The van der Waals surface area contributed by atoms with Crippen LogP contribution in [0, 0.1) is 0 Å². The van der Waals surface area contributed by atoms with E-state index in [2.05, 4.69) is 16.4 Å². The maximum absolute atomic E-state index is 10.7. The molecular formula is C16H20N2O. The van der Waals surface area contributed by atoms with E-state index in [1.165, 1.54) is 19.3 Å². The standard InChI is InChI=1S/C16H20N2O/c19-16(15-8-2-1-5-9-18-15)14-11-17-10-12-6-3-4-7-13(12)14/h3-4,6-7,10-11,15-16,18-19H,1-2,5,8-9H2. The van der Waals surface area contributed by atoms with Crippen LogP contribution in [0.1, 0.15) is 37.4 Å². The van der Waals surface area contributed by atoms with Gasteiger partial charge in [0.25, 0.3) is 0 Å². The van der Waals surface area contributed by atoms with Gasteiger partial charge in [-0.1, -0.05) is 37.1 Å². The first-order valence-electron chi connectivity index (χ1n) is 7.10. The number of aromatic nitrogens is 1. The molecule has 1 aromatic heterocycles. The average molecular weight is 256 g/mol. The summed E-state index contributed by atoms with van der Waals surface area (Å²) in [5.74, 6) is 0. The Kier molecular flexibility index (Phi) is 3.76. The molecule has 1 aliphatic heterocycles. The molecule has 19 heavy (non-hydrogen) atoms. The monoisotopic (exact) mass is 256 g/mol. The van der Waals surface area contributed by atoms with Gasteiger partial charge in [-0.05, 0) is 24.8 Å². The number of aliphatic hydroxyl groups excluding tert-OH is 1. The number of hydrogen-bond donors (Lipinski definition) is 2. The molecule has 1 saturated heterocycles. The molecule has 2 atom stereocenters. The molecule has 0 saturated carbocycles. The minimum atomic E-state index is -0.475. The number of nitrogens with one attached hydrogen (secondary N) is 1. The summed E-state index contributed by atoms with van der Waals surface area (Å²) in [5.41, 5.74) is 0.942. The number of hydrogen-bond acceptors (Lipinski definition) is 3. The SMILES string of the molecule is OC(c1cncc2ccccc12)C1CCCCCN1. The van der Waals surface area contributed by atoms with Gasteiger partial charge in [0.05, 0.1) is 6.10 Å². The van der Waals surface area contributed by atoms with Crippen LogP contribution in [0.5, 0.6) is 0 Å². The zero-order valence-electron chi connectivity index (χ0n) is 11.0. The number of benzene rings is 1. The Morgan fingerprint density at radius 2 is 2.05 bits per heavy atom. The second kappa shape index (κ2) is 5.68. The van der Waals surface area contributed by atoms with E-state index >= 15 is 0 Å². The van der Waals surface area contributed by atoms with Crippen molar-refractivity contribution in [2.45, 2.75) is 37.8 Å². The third-order valence-corrected chi connectivity index (χ3v) is 4.00. The summed E-state index contributed by atoms with van der Waals surface area (Å²) in [6.07, 6.45) is 7.86. The van der Waals surface area contributed by atoms with E-state index in [0.29, 0.717) is 0 Å². The molecule has 2 unspecified atom stereocenters. The van der Waals surface area contributed by atoms with Crippen molar-refractivity contribution in [2.75, 3.05) is 6.54 Å². The van der Waals surface area contributed by atoms with Crippen molar-refractivity contribution in [3.63, 3.8) is 0 Å². The van der Waals surface area contributed by atoms with Gasteiger partial charge >= 0.3 is 0 Å². The minimum Gasteiger partial charge on any atom is -0.387 e. The van der Waals surface area contributed by atoms with Gasteiger partial charge in [0.15, 0.2) is 0 Å². The summed E-state index contributed by atoms with van der Waals surface area (Å²) in [4.78, 5) is 4.26. The Morgan fingerprint density at radius 3 is 3.00 bits per heavy atom. The molecule has 1 aliphatic rings. The molecule has 2 heterocycles. The van der Waals surface area contributed by atoms with Crippen LogP contribution in [0.3, 0.4) is 0 Å². The van der Waals surface area contributed by atoms with E-state index in [9.17, 15) is 5.11 Å². The summed E-state index contributed by atoms with van der Waals surface area (Å²) in [6.45, 7) is 1.000. The van der Waals surface area contributed by atoms with Crippen molar-refractivity contribution in [2.24, 2.45) is 0 Å². The number of pyridine rings is 1. The van der Waals surface area contributed by atoms with Crippen LogP contribution < -0.4 is 5.32 Å². The van der Waals surface area contributed by atoms with E-state index in [1.807, 2.05) is 24.4 Å². The first-order chi connectivity index (χ1) is 9.36. The second-order valence-electron chi connectivity index (χ2n) is 5.30. The van der Waals surface area contributed by atoms with E-state index in [-0.39, 0.29) is 6.04 Å². The average Bonchev–Trinajstić information content (AvgIpc) is 2.75. The first-order valence-corrected chi connectivity index (χ1v) is 7.10. The van der Waals surface area contributed by atoms with Crippen molar-refractivity contribution >= 4 is 10.8 Å². The molecule has 1 fully saturated rings. The summed E-state index contributed by atoms with van der Waals surface area (Å²) in [6, 6.07) is 8.27. The van der Waals surface area contributed by atoms with Gasteiger partial charge in [0.2, 0.25) is 0 Å². The fraction of sp³-hybridized carbons (Fsp3) is 0.438. The maximum atomic E-state index is 10.7. The lowest BCUT2D eigenvalue weighted by Crippen LogP contribution is -2.34. The molecule has 0 spiro atoms. The van der Waals surface area contributed by atoms with Gasteiger partial charge in [0.1, 0.15) is 0 Å². The normalized spacial score (nSPS) is 22.1. The van der Waals surface area contributed by atoms with Crippen LogP contribution in [-0.2, 0) is 0 Å². The fourth-order valence-corrected chi connectivity index (χ4v) is 2.92. The Hall–Kier alpha value is -1.45. The second-order valence-corrected chi connectivity index (χ2v) is 5.30.